The predicted octanol–water partition coefficient (Wildman–Crippen LogP) is 0.951. The van der Waals surface area contributed by atoms with Crippen molar-refractivity contribution in [1.29, 1.82) is 0 Å². The van der Waals surface area contributed by atoms with Gasteiger partial charge in [0.1, 0.15) is 11.5 Å². The molecule has 1 aromatic rings. The van der Waals surface area contributed by atoms with E-state index in [2.05, 4.69) is 4.74 Å². The smallest absolute Gasteiger partial charge is 0.335 e. The fourth-order valence-corrected chi connectivity index (χ4v) is 1.52. The van der Waals surface area contributed by atoms with Gasteiger partial charge in [-0.15, -0.1) is 0 Å². The molecule has 0 aliphatic rings. The molecule has 0 amide bonds. The van der Waals surface area contributed by atoms with Crippen LogP contribution in [0.4, 0.5) is 0 Å². The fraction of sp³-hybridized carbons (Fsp3) is 0.500. The van der Waals surface area contributed by atoms with Gasteiger partial charge in [0.2, 0.25) is 0 Å². The highest BCUT2D eigenvalue weighted by molar-refractivity contribution is 5.86. The van der Waals surface area contributed by atoms with Crippen LogP contribution in [0.2, 0.25) is 0 Å². The Balaban J connectivity index is 2.72. The molecular weight excluding hydrogens is 224 g/mol. The predicted molar refractivity (Wildman–Crippen MR) is 59.2 cm³/mol. The summed E-state index contributed by atoms with van der Waals surface area (Å²) >= 11 is 0. The Morgan fingerprint density at radius 2 is 2.24 bits per heavy atom. The van der Waals surface area contributed by atoms with Crippen molar-refractivity contribution in [3.63, 3.8) is 0 Å². The Morgan fingerprint density at radius 1 is 1.53 bits per heavy atom. The number of hydrogen-bond donors (Lipinski definition) is 1. The van der Waals surface area contributed by atoms with E-state index in [4.69, 9.17) is 4.42 Å². The molecule has 2 atom stereocenters. The number of rotatable bonds is 6. The van der Waals surface area contributed by atoms with E-state index in [9.17, 15) is 14.7 Å². The number of Topliss-reactive ketones (excluding diaryl/α,β-unsaturated/α-hetero) is 1. The van der Waals surface area contributed by atoms with E-state index in [1.807, 2.05) is 0 Å². The molecule has 0 saturated heterocycles. The second-order valence-electron chi connectivity index (χ2n) is 3.70. The summed E-state index contributed by atoms with van der Waals surface area (Å²) in [6, 6.07) is 3.37. The standard InChI is InChI=1S/C12H16O5/c1-3-16-12(15)11(14)10(8(2)13)7-9-5-4-6-17-9/h4-6,10-11,14H,3,7H2,1-2H3. The molecule has 1 heterocycles. The van der Waals surface area contributed by atoms with Gasteiger partial charge in [0.25, 0.3) is 0 Å². The quantitative estimate of drug-likeness (QED) is 0.749. The lowest BCUT2D eigenvalue weighted by molar-refractivity contribution is -0.158. The van der Waals surface area contributed by atoms with Crippen LogP contribution >= 0.6 is 0 Å². The number of ether oxygens (including phenoxy) is 1. The Morgan fingerprint density at radius 3 is 2.71 bits per heavy atom. The van der Waals surface area contributed by atoms with E-state index in [0.29, 0.717) is 5.76 Å². The number of ketones is 1. The lowest BCUT2D eigenvalue weighted by atomic mass is 9.93. The maximum absolute atomic E-state index is 11.4. The molecule has 0 aliphatic carbocycles. The van der Waals surface area contributed by atoms with Gasteiger partial charge in [0.15, 0.2) is 6.10 Å². The minimum absolute atomic E-state index is 0.168. The zero-order valence-electron chi connectivity index (χ0n) is 9.88. The molecule has 5 heteroatoms. The van der Waals surface area contributed by atoms with Gasteiger partial charge in [0.05, 0.1) is 18.8 Å². The van der Waals surface area contributed by atoms with Gasteiger partial charge in [-0.3, -0.25) is 4.79 Å². The topological polar surface area (TPSA) is 76.7 Å². The minimum atomic E-state index is -1.45. The fourth-order valence-electron chi connectivity index (χ4n) is 1.52. The molecule has 0 bridgehead atoms. The molecule has 5 nitrogen and oxygen atoms in total. The third-order valence-electron chi connectivity index (χ3n) is 2.43. The molecule has 0 saturated carbocycles. The van der Waals surface area contributed by atoms with Crippen LogP contribution in [0.5, 0.6) is 0 Å². The van der Waals surface area contributed by atoms with E-state index in [-0.39, 0.29) is 18.8 Å². The van der Waals surface area contributed by atoms with Gasteiger partial charge in [-0.25, -0.2) is 4.79 Å². The average Bonchev–Trinajstić information content (AvgIpc) is 2.77. The lowest BCUT2D eigenvalue weighted by Crippen LogP contribution is -2.36. The molecular formula is C12H16O5. The van der Waals surface area contributed by atoms with Crippen LogP contribution in [0.1, 0.15) is 19.6 Å². The van der Waals surface area contributed by atoms with Crippen LogP contribution in [-0.4, -0.2) is 29.6 Å². The zero-order chi connectivity index (χ0) is 12.8. The van der Waals surface area contributed by atoms with Gasteiger partial charge in [0, 0.05) is 6.42 Å². The molecule has 0 aliphatic heterocycles. The summed E-state index contributed by atoms with van der Waals surface area (Å²) in [5.74, 6) is -1.34. The Hall–Kier alpha value is -1.62. The van der Waals surface area contributed by atoms with Crippen molar-refractivity contribution in [3.8, 4) is 0 Å². The van der Waals surface area contributed by atoms with Crippen LogP contribution in [0.25, 0.3) is 0 Å². The van der Waals surface area contributed by atoms with Crippen molar-refractivity contribution in [2.24, 2.45) is 5.92 Å². The van der Waals surface area contributed by atoms with Crippen LogP contribution in [-0.2, 0) is 20.7 Å². The Bertz CT molecular complexity index is 368. The van der Waals surface area contributed by atoms with Crippen molar-refractivity contribution < 1.29 is 23.8 Å². The van der Waals surface area contributed by atoms with E-state index >= 15 is 0 Å². The highest BCUT2D eigenvalue weighted by Gasteiger charge is 2.31. The van der Waals surface area contributed by atoms with Crippen molar-refractivity contribution in [2.75, 3.05) is 6.61 Å². The second-order valence-corrected chi connectivity index (χ2v) is 3.70. The maximum atomic E-state index is 11.4. The van der Waals surface area contributed by atoms with Crippen LogP contribution in [0, 0.1) is 5.92 Å². The third-order valence-corrected chi connectivity index (χ3v) is 2.43. The minimum Gasteiger partial charge on any atom is -0.469 e. The Kier molecular flexibility index (Phi) is 4.90. The summed E-state index contributed by atoms with van der Waals surface area (Å²) < 4.78 is 9.77. The highest BCUT2D eigenvalue weighted by atomic mass is 16.5. The van der Waals surface area contributed by atoms with Crippen molar-refractivity contribution >= 4 is 11.8 Å². The van der Waals surface area contributed by atoms with Crippen molar-refractivity contribution in [2.45, 2.75) is 26.4 Å². The number of esters is 1. The number of furan rings is 1. The summed E-state index contributed by atoms with van der Waals surface area (Å²) in [4.78, 5) is 22.8. The van der Waals surface area contributed by atoms with Crippen LogP contribution < -0.4 is 0 Å². The SMILES string of the molecule is CCOC(=O)C(O)C(Cc1ccco1)C(C)=O. The lowest BCUT2D eigenvalue weighted by Gasteiger charge is -2.17. The maximum Gasteiger partial charge on any atom is 0.335 e. The Labute approximate surface area is 99.4 Å². The number of aliphatic hydroxyl groups excluding tert-OH is 1. The average molecular weight is 240 g/mol. The largest absolute Gasteiger partial charge is 0.469 e. The molecule has 1 aromatic heterocycles. The molecule has 17 heavy (non-hydrogen) atoms. The van der Waals surface area contributed by atoms with Crippen molar-refractivity contribution in [3.05, 3.63) is 24.2 Å². The first-order chi connectivity index (χ1) is 8.06. The van der Waals surface area contributed by atoms with E-state index < -0.39 is 18.0 Å². The van der Waals surface area contributed by atoms with E-state index in [0.717, 1.165) is 0 Å². The summed E-state index contributed by atoms with van der Waals surface area (Å²) in [5, 5.41) is 9.74. The first-order valence-electron chi connectivity index (χ1n) is 5.43. The third kappa shape index (κ3) is 3.71. The zero-order valence-corrected chi connectivity index (χ0v) is 9.88. The van der Waals surface area contributed by atoms with Gasteiger partial charge in [-0.1, -0.05) is 0 Å². The number of carbonyl (C=O) groups excluding carboxylic acids is 2. The molecule has 0 aromatic carbocycles. The van der Waals surface area contributed by atoms with E-state index in [1.54, 1.807) is 19.1 Å². The number of hydrogen-bond acceptors (Lipinski definition) is 5. The second kappa shape index (κ2) is 6.20. The summed E-state index contributed by atoms with van der Waals surface area (Å²) in [5.41, 5.74) is 0. The summed E-state index contributed by atoms with van der Waals surface area (Å²) in [6.07, 6.45) is 0.212. The first-order valence-corrected chi connectivity index (χ1v) is 5.43. The van der Waals surface area contributed by atoms with Crippen LogP contribution in [0.3, 0.4) is 0 Å². The van der Waals surface area contributed by atoms with Gasteiger partial charge in [-0.2, -0.15) is 0 Å². The van der Waals surface area contributed by atoms with Gasteiger partial charge < -0.3 is 14.3 Å². The monoisotopic (exact) mass is 240 g/mol. The first kappa shape index (κ1) is 13.4. The molecule has 1 rings (SSSR count). The number of aliphatic hydroxyl groups is 1. The molecule has 0 radical (unpaired) electrons. The van der Waals surface area contributed by atoms with Gasteiger partial charge in [-0.05, 0) is 26.0 Å². The molecule has 2 unspecified atom stereocenters. The number of carbonyl (C=O) groups is 2. The molecule has 1 N–H and O–H groups in total. The van der Waals surface area contributed by atoms with Crippen molar-refractivity contribution in [1.82, 2.24) is 0 Å². The molecule has 94 valence electrons. The normalized spacial score (nSPS) is 14.1. The van der Waals surface area contributed by atoms with Gasteiger partial charge >= 0.3 is 5.97 Å². The van der Waals surface area contributed by atoms with E-state index in [1.165, 1.54) is 13.2 Å². The summed E-state index contributed by atoms with van der Waals surface area (Å²) in [7, 11) is 0. The molecule has 0 fully saturated rings. The summed E-state index contributed by atoms with van der Waals surface area (Å²) in [6.45, 7) is 3.14. The highest BCUT2D eigenvalue weighted by Crippen LogP contribution is 2.15. The molecule has 0 spiro atoms. The van der Waals surface area contributed by atoms with Crippen LogP contribution in [0.15, 0.2) is 22.8 Å².